The van der Waals surface area contributed by atoms with E-state index in [0.717, 1.165) is 39.0 Å². The minimum Gasteiger partial charge on any atom is -0.497 e. The van der Waals surface area contributed by atoms with Crippen LogP contribution >= 0.6 is 23.5 Å². The lowest BCUT2D eigenvalue weighted by atomic mass is 10.0. The highest BCUT2D eigenvalue weighted by atomic mass is 32.2. The predicted octanol–water partition coefficient (Wildman–Crippen LogP) is 4.38. The van der Waals surface area contributed by atoms with Crippen molar-refractivity contribution >= 4 is 35.2 Å². The molecule has 1 amide bonds. The Labute approximate surface area is 179 Å². The van der Waals surface area contributed by atoms with Gasteiger partial charge in [0.1, 0.15) is 11.3 Å². The fraction of sp³-hybridized carbons (Fsp3) is 0.304. The minimum atomic E-state index is -0.254. The lowest BCUT2D eigenvalue weighted by Gasteiger charge is -2.11. The van der Waals surface area contributed by atoms with Crippen LogP contribution in [0.4, 0.5) is 0 Å². The standard InChI is InChI=1S/C23H23NO3S2/c1-27-17-9-7-16(8-10-17)18-13-19(18)21(25)20(23-28-11-12-29-23)22(26)24-14-15-5-3-2-4-6-15/h2-10,18-19H,11-14H2,1H3,(H,24,26)/t18-,19+/m1/s1. The normalized spacial score (nSPS) is 20.2. The quantitative estimate of drug-likeness (QED) is 0.405. The maximum Gasteiger partial charge on any atom is 0.256 e. The SMILES string of the molecule is COc1ccc([C@H]2C[C@@H]2C(=O)C(C(=O)NCc2ccccc2)=C2SCCS2)cc1. The van der Waals surface area contributed by atoms with Crippen LogP contribution in [-0.4, -0.2) is 30.3 Å². The number of ether oxygens (including phenoxy) is 1. The van der Waals surface area contributed by atoms with Crippen molar-refractivity contribution in [3.05, 3.63) is 75.5 Å². The van der Waals surface area contributed by atoms with Gasteiger partial charge in [0, 0.05) is 24.0 Å². The summed E-state index contributed by atoms with van der Waals surface area (Å²) in [5, 5.41) is 2.95. The van der Waals surface area contributed by atoms with Crippen molar-refractivity contribution < 1.29 is 14.3 Å². The summed E-state index contributed by atoms with van der Waals surface area (Å²) in [6.45, 7) is 0.422. The van der Waals surface area contributed by atoms with E-state index in [1.165, 1.54) is 0 Å². The first kappa shape index (κ1) is 20.1. The molecule has 6 heteroatoms. The Bertz CT molecular complexity index is 917. The first-order valence-electron chi connectivity index (χ1n) is 9.67. The Morgan fingerprint density at radius 3 is 2.38 bits per heavy atom. The fourth-order valence-electron chi connectivity index (χ4n) is 3.52. The molecule has 150 valence electrons. The smallest absolute Gasteiger partial charge is 0.256 e. The molecule has 2 aliphatic rings. The molecule has 2 atom stereocenters. The van der Waals surface area contributed by atoms with Crippen LogP contribution in [0.15, 0.2) is 64.4 Å². The molecule has 1 heterocycles. The van der Waals surface area contributed by atoms with E-state index in [1.807, 2.05) is 54.6 Å². The average Bonchev–Trinajstić information content (AvgIpc) is 3.40. The number of Topliss-reactive ketones (excluding diaryl/α,β-unsaturated/α-hetero) is 1. The number of hydrogen-bond acceptors (Lipinski definition) is 5. The van der Waals surface area contributed by atoms with Gasteiger partial charge >= 0.3 is 0 Å². The second-order valence-corrected chi connectivity index (χ2v) is 9.58. The number of rotatable bonds is 7. The summed E-state index contributed by atoms with van der Waals surface area (Å²) in [4.78, 5) is 26.3. The van der Waals surface area contributed by atoms with Gasteiger partial charge in [-0.05, 0) is 35.6 Å². The maximum atomic E-state index is 13.3. The third kappa shape index (κ3) is 4.70. The molecular formula is C23H23NO3S2. The third-order valence-electron chi connectivity index (χ3n) is 5.19. The van der Waals surface area contributed by atoms with E-state index in [9.17, 15) is 9.59 Å². The van der Waals surface area contributed by atoms with E-state index >= 15 is 0 Å². The van der Waals surface area contributed by atoms with E-state index in [1.54, 1.807) is 30.6 Å². The topological polar surface area (TPSA) is 55.4 Å². The zero-order valence-corrected chi connectivity index (χ0v) is 17.9. The van der Waals surface area contributed by atoms with Gasteiger partial charge in [-0.25, -0.2) is 0 Å². The number of ketones is 1. The molecule has 1 saturated heterocycles. The molecule has 0 radical (unpaired) electrons. The first-order valence-corrected chi connectivity index (χ1v) is 11.6. The van der Waals surface area contributed by atoms with Crippen LogP contribution in [-0.2, 0) is 16.1 Å². The summed E-state index contributed by atoms with van der Waals surface area (Å²) in [5.41, 5.74) is 2.51. The highest BCUT2D eigenvalue weighted by Gasteiger charge is 2.46. The molecule has 4 nitrogen and oxygen atoms in total. The lowest BCUT2D eigenvalue weighted by Crippen LogP contribution is -2.29. The molecule has 0 spiro atoms. The molecule has 1 aliphatic heterocycles. The van der Waals surface area contributed by atoms with Crippen LogP contribution in [0.5, 0.6) is 5.75 Å². The molecule has 29 heavy (non-hydrogen) atoms. The molecule has 4 rings (SSSR count). The molecular weight excluding hydrogens is 402 g/mol. The van der Waals surface area contributed by atoms with Gasteiger partial charge in [-0.3, -0.25) is 9.59 Å². The van der Waals surface area contributed by atoms with Crippen molar-refractivity contribution in [1.29, 1.82) is 0 Å². The lowest BCUT2D eigenvalue weighted by molar-refractivity contribution is -0.123. The molecule has 2 aromatic rings. The van der Waals surface area contributed by atoms with Crippen LogP contribution in [0.25, 0.3) is 0 Å². The molecule has 0 bridgehead atoms. The molecule has 1 saturated carbocycles. The van der Waals surface area contributed by atoms with Crippen molar-refractivity contribution in [2.75, 3.05) is 18.6 Å². The Hall–Kier alpha value is -2.18. The van der Waals surface area contributed by atoms with Gasteiger partial charge in [0.15, 0.2) is 5.78 Å². The number of carbonyl (C=O) groups excluding carboxylic acids is 2. The van der Waals surface area contributed by atoms with Gasteiger partial charge in [0.2, 0.25) is 0 Å². The highest BCUT2D eigenvalue weighted by molar-refractivity contribution is 8.25. The highest BCUT2D eigenvalue weighted by Crippen LogP contribution is 2.51. The molecule has 1 aliphatic carbocycles. The molecule has 2 aromatic carbocycles. The molecule has 0 aromatic heterocycles. The van der Waals surface area contributed by atoms with Crippen LogP contribution in [0.2, 0.25) is 0 Å². The van der Waals surface area contributed by atoms with Crippen molar-refractivity contribution in [2.45, 2.75) is 18.9 Å². The number of nitrogens with one attached hydrogen (secondary N) is 1. The summed E-state index contributed by atoms with van der Waals surface area (Å²) in [7, 11) is 1.64. The number of amides is 1. The van der Waals surface area contributed by atoms with E-state index < -0.39 is 0 Å². The van der Waals surface area contributed by atoms with Gasteiger partial charge in [0.25, 0.3) is 5.91 Å². The Morgan fingerprint density at radius 2 is 1.72 bits per heavy atom. The van der Waals surface area contributed by atoms with Gasteiger partial charge < -0.3 is 10.1 Å². The summed E-state index contributed by atoms with van der Waals surface area (Å²) in [5.74, 6) is 2.48. The number of thioether (sulfide) groups is 2. The largest absolute Gasteiger partial charge is 0.497 e. The first-order chi connectivity index (χ1) is 14.2. The molecule has 2 fully saturated rings. The van der Waals surface area contributed by atoms with Gasteiger partial charge in [-0.1, -0.05) is 42.5 Å². The number of benzene rings is 2. The van der Waals surface area contributed by atoms with E-state index in [0.29, 0.717) is 12.1 Å². The Balaban J connectivity index is 1.48. The number of hydrogen-bond donors (Lipinski definition) is 1. The van der Waals surface area contributed by atoms with Crippen LogP contribution < -0.4 is 10.1 Å². The monoisotopic (exact) mass is 425 g/mol. The predicted molar refractivity (Wildman–Crippen MR) is 119 cm³/mol. The van der Waals surface area contributed by atoms with Crippen molar-refractivity contribution in [1.82, 2.24) is 5.32 Å². The summed E-state index contributed by atoms with van der Waals surface area (Å²) in [6, 6.07) is 17.6. The maximum absolute atomic E-state index is 13.3. The second kappa shape index (κ2) is 9.09. The van der Waals surface area contributed by atoms with Crippen molar-refractivity contribution in [2.24, 2.45) is 5.92 Å². The van der Waals surface area contributed by atoms with Gasteiger partial charge in [-0.2, -0.15) is 0 Å². The zero-order valence-electron chi connectivity index (χ0n) is 16.2. The van der Waals surface area contributed by atoms with E-state index in [-0.39, 0.29) is 23.5 Å². The number of methoxy groups -OCH3 is 1. The van der Waals surface area contributed by atoms with Crippen molar-refractivity contribution in [3.8, 4) is 5.75 Å². The van der Waals surface area contributed by atoms with Crippen molar-refractivity contribution in [3.63, 3.8) is 0 Å². The van der Waals surface area contributed by atoms with Gasteiger partial charge in [0.05, 0.1) is 11.3 Å². The van der Waals surface area contributed by atoms with E-state index in [4.69, 9.17) is 4.74 Å². The summed E-state index contributed by atoms with van der Waals surface area (Å²) < 4.78 is 6.09. The molecule has 0 unspecified atom stereocenters. The fourth-order valence-corrected chi connectivity index (χ4v) is 6.06. The summed E-state index contributed by atoms with van der Waals surface area (Å²) >= 11 is 3.24. The van der Waals surface area contributed by atoms with Crippen LogP contribution in [0.3, 0.4) is 0 Å². The zero-order chi connectivity index (χ0) is 20.2. The third-order valence-corrected chi connectivity index (χ3v) is 7.91. The number of carbonyl (C=O) groups is 2. The Kier molecular flexibility index (Phi) is 6.31. The van der Waals surface area contributed by atoms with Crippen LogP contribution in [0, 0.1) is 5.92 Å². The minimum absolute atomic E-state index is 0.0201. The second-order valence-electron chi connectivity index (χ2n) is 7.11. The average molecular weight is 426 g/mol. The van der Waals surface area contributed by atoms with E-state index in [2.05, 4.69) is 5.32 Å². The molecule has 1 N–H and O–H groups in total. The van der Waals surface area contributed by atoms with Gasteiger partial charge in [-0.15, -0.1) is 23.5 Å². The van der Waals surface area contributed by atoms with Crippen LogP contribution in [0.1, 0.15) is 23.5 Å². The summed E-state index contributed by atoms with van der Waals surface area (Å²) in [6.07, 6.45) is 0.795. The Morgan fingerprint density at radius 1 is 1.03 bits per heavy atom.